The van der Waals surface area contributed by atoms with Crippen molar-refractivity contribution in [3.05, 3.63) is 369 Å². The van der Waals surface area contributed by atoms with E-state index in [1.165, 1.54) is 25.3 Å². The average Bonchev–Trinajstić information content (AvgIpc) is 0.783. The number of piperidine rings is 3. The van der Waals surface area contributed by atoms with Gasteiger partial charge < -0.3 is 70.4 Å². The van der Waals surface area contributed by atoms with Crippen LogP contribution in [0.25, 0.3) is 54.9 Å². The first-order valence-corrected chi connectivity index (χ1v) is 51.3. The zero-order chi connectivity index (χ0) is 103. The largest absolute Gasteiger partial charge is 0.474 e. The molecule has 0 bridgehead atoms. The third-order valence-electron chi connectivity index (χ3n) is 25.2. The summed E-state index contributed by atoms with van der Waals surface area (Å²) in [6.07, 6.45) is 28.1. The van der Waals surface area contributed by atoms with Crippen molar-refractivity contribution in [2.24, 2.45) is 11.8 Å². The zero-order valence-corrected chi connectivity index (χ0v) is 88.6. The van der Waals surface area contributed by atoms with Crippen molar-refractivity contribution >= 4 is 225 Å². The molecule has 20 rings (SSSR count). The molecule has 0 atom stereocenters. The maximum absolute atomic E-state index is 9.46. The van der Waals surface area contributed by atoms with Crippen LogP contribution in [0.1, 0.15) is 55.5 Å². The summed E-state index contributed by atoms with van der Waals surface area (Å²) in [5.41, 5.74) is 17.2. The molecule has 0 unspecified atom stereocenters. The lowest BCUT2D eigenvalue weighted by Gasteiger charge is -2.40. The van der Waals surface area contributed by atoms with Crippen LogP contribution in [0.2, 0.25) is 35.2 Å². The number of pyridine rings is 5. The number of hydrogen-bond donors (Lipinski definition) is 6. The molecule has 5 saturated heterocycles. The first-order chi connectivity index (χ1) is 71.2. The Kier molecular flexibility index (Phi) is 36.2. The van der Waals surface area contributed by atoms with Crippen molar-refractivity contribution in [3.63, 3.8) is 0 Å². The van der Waals surface area contributed by atoms with Crippen LogP contribution in [0.4, 0.5) is 57.5 Å². The normalized spacial score (nSPS) is 14.3. The van der Waals surface area contributed by atoms with Gasteiger partial charge in [-0.15, -0.1) is 0 Å². The number of aromatic nitrogens is 15. The first kappa shape index (κ1) is 106. The summed E-state index contributed by atoms with van der Waals surface area (Å²) in [6, 6.07) is 42.9. The van der Waals surface area contributed by atoms with E-state index in [1.807, 2.05) is 97.1 Å². The summed E-state index contributed by atoms with van der Waals surface area (Å²) in [6.45, 7) is 47.6. The molecule has 38 heteroatoms. The van der Waals surface area contributed by atoms with Crippen molar-refractivity contribution in [1.29, 1.82) is 0 Å². The molecular formula is C109H104Br2Cl7N25O4. The molecule has 0 amide bonds. The van der Waals surface area contributed by atoms with Crippen LogP contribution >= 0.6 is 113 Å². The van der Waals surface area contributed by atoms with Crippen molar-refractivity contribution in [3.8, 4) is 17.6 Å². The molecule has 0 saturated carbocycles. The summed E-state index contributed by atoms with van der Waals surface area (Å²) < 4.78 is 19.8. The van der Waals surface area contributed by atoms with Crippen LogP contribution in [0, 0.1) is 11.8 Å². The number of rotatable bonds is 31. The van der Waals surface area contributed by atoms with E-state index in [2.05, 4.69) is 226 Å². The van der Waals surface area contributed by atoms with Gasteiger partial charge in [-0.2, -0.15) is 0 Å². The van der Waals surface area contributed by atoms with Gasteiger partial charge in [-0.25, -0.2) is 74.8 Å². The summed E-state index contributed by atoms with van der Waals surface area (Å²) in [5, 5.41) is 31.1. The third-order valence-corrected chi connectivity index (χ3v) is 29.4. The number of nitrogens with zero attached hydrogens (tertiary/aromatic N) is 20. The number of benzene rings is 5. The molecule has 15 aromatic rings. The van der Waals surface area contributed by atoms with Crippen LogP contribution in [-0.4, -0.2) is 188 Å². The molecule has 6 N–H and O–H groups in total. The van der Waals surface area contributed by atoms with E-state index in [4.69, 9.17) is 105 Å². The van der Waals surface area contributed by atoms with Crippen LogP contribution in [-0.2, 0) is 19.4 Å². The van der Waals surface area contributed by atoms with Gasteiger partial charge in [0.1, 0.15) is 78.1 Å². The van der Waals surface area contributed by atoms with E-state index >= 15 is 0 Å². The maximum atomic E-state index is 9.46. The van der Waals surface area contributed by atoms with Gasteiger partial charge in [0, 0.05) is 158 Å². The standard InChI is InChI=1S/C23H23BrClN5.C23H23Cl2N5.C23H24ClN5O2.C20H17BrClN5O.C20H17Cl2N5O/c2*1-3-15(2)30-10-8-16(9-11-30)12-17-5-7-21-22(28-17)23(27-14-26-21)29-18-4-6-19(24)20(25)13-18;1-3-15(2)29-8-6-18(7-9-29)31-22-11-19-21(12-25-22)26-14-27-23(19)28-17-4-5-20(24)16(10-17)13-30;1-3-12(2)27-9-14(10-27)28-18-7-6-17-19(26-18)20(24-11-23-17)25-13-4-5-15(21)16(22)8-13;1-3-12(2)27-9-13(10-27)28-18-7-14-17(8-23-18)24-11-25-20(14)26-19-15(21)5-4-6-16(19)22/h2*3-7,13-14,16H,1-2,8-12H2,(H,26,27,29);3-5,10-12,14,18,30H,1-2,6-9,13H2,(H,26,27,28);3-8,11,14H,1-2,9-10H2,(H,23,24,25);3-8,11,13H,1-2,9-10H2,(H,24,25,26). The van der Waals surface area contributed by atoms with Crippen LogP contribution < -0.4 is 40.8 Å². The third kappa shape index (κ3) is 27.6. The minimum absolute atomic E-state index is 0.0423. The number of hydrogen-bond acceptors (Lipinski definition) is 29. The molecule has 5 aliphatic rings. The van der Waals surface area contributed by atoms with E-state index in [0.29, 0.717) is 122 Å². The number of para-hydroxylation sites is 1. The lowest BCUT2D eigenvalue weighted by molar-refractivity contribution is 0.0439. The molecule has 147 heavy (non-hydrogen) atoms. The van der Waals surface area contributed by atoms with Gasteiger partial charge in [-0.3, -0.25) is 0 Å². The molecule has 5 aromatic carbocycles. The van der Waals surface area contributed by atoms with E-state index in [9.17, 15) is 5.11 Å². The number of halogens is 9. The van der Waals surface area contributed by atoms with Gasteiger partial charge >= 0.3 is 0 Å². The molecule has 0 radical (unpaired) electrons. The highest BCUT2D eigenvalue weighted by molar-refractivity contribution is 9.11. The van der Waals surface area contributed by atoms with Crippen molar-refractivity contribution in [1.82, 2.24) is 99.3 Å². The molecule has 5 aliphatic heterocycles. The minimum atomic E-state index is -0.139. The number of aliphatic hydroxyl groups is 1. The molecule has 752 valence electrons. The summed E-state index contributed by atoms with van der Waals surface area (Å²) in [7, 11) is 0. The van der Waals surface area contributed by atoms with E-state index < -0.39 is 0 Å². The average molecular weight is 2240 g/mol. The second kappa shape index (κ2) is 50.1. The number of allylic oxidation sites excluding steroid dienone is 5. The van der Waals surface area contributed by atoms with Gasteiger partial charge in [0.15, 0.2) is 17.5 Å². The van der Waals surface area contributed by atoms with Gasteiger partial charge in [-0.1, -0.05) is 153 Å². The highest BCUT2D eigenvalue weighted by atomic mass is 79.9. The van der Waals surface area contributed by atoms with Crippen LogP contribution in [0.3, 0.4) is 0 Å². The lowest BCUT2D eigenvalue weighted by atomic mass is 9.91. The Morgan fingerprint density at radius 3 is 1.12 bits per heavy atom. The molecule has 0 aliphatic carbocycles. The number of ether oxygens (including phenoxy) is 3. The number of aliphatic hydroxyl groups excluding tert-OH is 1. The Labute approximate surface area is 903 Å². The number of anilines is 10. The van der Waals surface area contributed by atoms with Gasteiger partial charge in [0.25, 0.3) is 0 Å². The number of likely N-dealkylation sites (tertiary alicyclic amines) is 5. The fourth-order valence-corrected chi connectivity index (χ4v) is 18.6. The summed E-state index contributed by atoms with van der Waals surface area (Å²) >= 11 is 50.0. The van der Waals surface area contributed by atoms with E-state index in [-0.39, 0.29) is 24.9 Å². The fraction of sp³-hybridized carbons (Fsp3) is 0.220. The highest BCUT2D eigenvalue weighted by Crippen LogP contribution is 2.40. The van der Waals surface area contributed by atoms with E-state index in [0.717, 1.165) is 227 Å². The minimum Gasteiger partial charge on any atom is -0.474 e. The first-order valence-electron chi connectivity index (χ1n) is 47.1. The quantitative estimate of drug-likeness (QED) is 0.0220. The highest BCUT2D eigenvalue weighted by Gasteiger charge is 2.32. The van der Waals surface area contributed by atoms with Crippen LogP contribution in [0.5, 0.6) is 17.6 Å². The molecule has 10 aromatic heterocycles. The second-order valence-electron chi connectivity index (χ2n) is 35.0. The topological polar surface area (TPSA) is 318 Å². The van der Waals surface area contributed by atoms with Crippen molar-refractivity contribution in [2.45, 2.75) is 76.3 Å². The van der Waals surface area contributed by atoms with Gasteiger partial charge in [0.05, 0.1) is 109 Å². The van der Waals surface area contributed by atoms with Gasteiger partial charge in [0.2, 0.25) is 17.6 Å². The second-order valence-corrected chi connectivity index (χ2v) is 39.5. The maximum Gasteiger partial charge on any atom is 0.214 e. The van der Waals surface area contributed by atoms with Crippen LogP contribution in [0.15, 0.2) is 317 Å². The molecule has 29 nitrogen and oxygen atoms in total. The molecule has 0 spiro atoms. The summed E-state index contributed by atoms with van der Waals surface area (Å²) in [4.78, 5) is 77.6. The predicted octanol–water partition coefficient (Wildman–Crippen LogP) is 26.4. The number of nitrogens with one attached hydrogen (secondary N) is 5. The fourth-order valence-electron chi connectivity index (χ4n) is 16.8. The Balaban J connectivity index is 0.000000131. The Bertz CT molecular complexity index is 7250. The Morgan fingerprint density at radius 2 is 0.694 bits per heavy atom. The zero-order valence-electron chi connectivity index (χ0n) is 80.1. The Hall–Kier alpha value is -13.7. The SMILES string of the molecule is C=CC(=C)N1CC(Oc2cc3c(Nc4c(Cl)cccc4Cl)ncnc3cn2)C1.C=CC(=C)N1CC(Oc2ccc3ncnc(Nc4ccc(Br)c(Cl)c4)c3n2)C1.C=CC(=C)N1CCC(Cc2ccc3ncnc(Nc4ccc(Br)c(Cl)c4)c3n2)CC1.C=CC(=C)N1CCC(Cc2ccc3ncnc(Nc4ccc(Cl)c(Cl)c4)c3n2)CC1.C=CC(=C)N1CCC(Oc2cc3c(Nc4ccc(Cl)c(CO)c4)ncnc3cn2)CC1. The molecule has 5 fully saturated rings. The monoisotopic (exact) mass is 2230 g/mol. The predicted molar refractivity (Wildman–Crippen MR) is 602 cm³/mol. The van der Waals surface area contributed by atoms with E-state index in [1.54, 1.807) is 79.4 Å². The number of fused-ring (bicyclic) bond motifs is 5. The van der Waals surface area contributed by atoms with Gasteiger partial charge in [-0.05, 0) is 233 Å². The Morgan fingerprint density at radius 1 is 0.340 bits per heavy atom. The lowest BCUT2D eigenvalue weighted by Crippen LogP contribution is -2.52. The molecular weight excluding hydrogens is 2130 g/mol. The summed E-state index contributed by atoms with van der Waals surface area (Å²) in [5.74, 6) is 5.90. The van der Waals surface area contributed by atoms with Crippen molar-refractivity contribution < 1.29 is 19.3 Å². The smallest absolute Gasteiger partial charge is 0.214 e. The molecule has 15 heterocycles. The van der Waals surface area contributed by atoms with Crippen molar-refractivity contribution in [2.75, 3.05) is 92.0 Å².